The van der Waals surface area contributed by atoms with Gasteiger partial charge in [-0.3, -0.25) is 0 Å². The van der Waals surface area contributed by atoms with Crippen LogP contribution in [0.15, 0.2) is 36.5 Å². The molecule has 1 atom stereocenters. The maximum absolute atomic E-state index is 13.1. The van der Waals surface area contributed by atoms with Gasteiger partial charge in [0.05, 0.1) is 0 Å². The molecule has 1 aliphatic carbocycles. The Bertz CT molecular complexity index is 798. The van der Waals surface area contributed by atoms with Crippen molar-refractivity contribution in [2.45, 2.75) is 50.7 Å². The van der Waals surface area contributed by atoms with E-state index in [1.54, 1.807) is 6.07 Å². The van der Waals surface area contributed by atoms with Crippen molar-refractivity contribution in [3.63, 3.8) is 0 Å². The Hall–Kier alpha value is -1.65. The minimum atomic E-state index is -0.202. The summed E-state index contributed by atoms with van der Waals surface area (Å²) in [7, 11) is 0. The van der Waals surface area contributed by atoms with Gasteiger partial charge in [0.1, 0.15) is 6.04 Å². The number of carbonyl (C=O) groups excluding carboxylic acids is 1. The maximum atomic E-state index is 13.1. The average Bonchev–Trinajstić information content (AvgIpc) is 3.11. The Morgan fingerprint density at radius 2 is 1.88 bits per heavy atom. The van der Waals surface area contributed by atoms with Crippen LogP contribution in [0.1, 0.15) is 49.4 Å². The summed E-state index contributed by atoms with van der Waals surface area (Å²) in [6.07, 6.45) is 7.86. The molecule has 4 rings (SSSR count). The summed E-state index contributed by atoms with van der Waals surface area (Å²) in [6, 6.07) is 9.68. The van der Waals surface area contributed by atoms with Crippen LogP contribution in [0.25, 0.3) is 0 Å². The van der Waals surface area contributed by atoms with E-state index in [-0.39, 0.29) is 18.1 Å². The Balaban J connectivity index is 1.65. The van der Waals surface area contributed by atoms with Crippen molar-refractivity contribution in [3.05, 3.63) is 57.8 Å². The van der Waals surface area contributed by atoms with Crippen LogP contribution in [0.3, 0.4) is 0 Å². The first-order chi connectivity index (χ1) is 12.6. The highest BCUT2D eigenvalue weighted by atomic mass is 35.5. The van der Waals surface area contributed by atoms with E-state index in [9.17, 15) is 4.79 Å². The molecule has 1 saturated carbocycles. The fraction of sp³-hybridized carbons (Fsp3) is 0.450. The lowest BCUT2D eigenvalue weighted by Crippen LogP contribution is -2.50. The fourth-order valence-electron chi connectivity index (χ4n) is 4.16. The molecule has 0 bridgehead atoms. The number of urea groups is 1. The molecule has 1 N–H and O–H groups in total. The summed E-state index contributed by atoms with van der Waals surface area (Å²) in [5.74, 6) is 0. The molecule has 6 heteroatoms. The molecule has 0 saturated heterocycles. The Morgan fingerprint density at radius 3 is 2.65 bits per heavy atom. The van der Waals surface area contributed by atoms with Gasteiger partial charge in [0, 0.05) is 41.1 Å². The van der Waals surface area contributed by atoms with Crippen LogP contribution in [0, 0.1) is 0 Å². The number of fused-ring (bicyclic) bond motifs is 1. The molecule has 0 radical (unpaired) electrons. The second-order valence-electron chi connectivity index (χ2n) is 7.17. The van der Waals surface area contributed by atoms with Crippen LogP contribution in [0.2, 0.25) is 10.0 Å². The largest absolute Gasteiger partial charge is 0.348 e. The molecule has 2 aromatic rings. The summed E-state index contributed by atoms with van der Waals surface area (Å²) in [4.78, 5) is 15.0. The number of halogens is 2. The number of benzene rings is 1. The zero-order valence-corrected chi connectivity index (χ0v) is 16.1. The molecule has 0 spiro atoms. The van der Waals surface area contributed by atoms with E-state index in [0.717, 1.165) is 30.6 Å². The highest BCUT2D eigenvalue weighted by Crippen LogP contribution is 2.37. The molecule has 1 fully saturated rings. The van der Waals surface area contributed by atoms with Crippen molar-refractivity contribution in [3.8, 4) is 0 Å². The standard InChI is InChI=1S/C20H23Cl2N3O/c21-14-8-9-16(17(22)13-14)19-18-7-4-10-24(18)11-12-25(19)20(26)23-15-5-2-1-3-6-15/h4,7-10,13,15,19H,1-3,5-6,11-12H2,(H,23,26)/t19-/m1/s1. The number of hydrogen-bond acceptors (Lipinski definition) is 1. The van der Waals surface area contributed by atoms with Crippen LogP contribution in [-0.4, -0.2) is 28.1 Å². The van der Waals surface area contributed by atoms with Gasteiger partial charge in [-0.25, -0.2) is 4.79 Å². The molecule has 1 aromatic carbocycles. The van der Waals surface area contributed by atoms with Gasteiger partial charge in [0.25, 0.3) is 0 Å². The minimum Gasteiger partial charge on any atom is -0.348 e. The summed E-state index contributed by atoms with van der Waals surface area (Å²) in [5, 5.41) is 4.44. The third kappa shape index (κ3) is 3.45. The Kier molecular flexibility index (Phi) is 5.14. The fourth-order valence-corrected chi connectivity index (χ4v) is 4.67. The van der Waals surface area contributed by atoms with E-state index in [4.69, 9.17) is 23.2 Å². The lowest BCUT2D eigenvalue weighted by molar-refractivity contribution is 0.162. The maximum Gasteiger partial charge on any atom is 0.318 e. The van der Waals surface area contributed by atoms with Gasteiger partial charge in [-0.05, 0) is 42.7 Å². The average molecular weight is 392 g/mol. The van der Waals surface area contributed by atoms with Gasteiger partial charge in [-0.2, -0.15) is 0 Å². The monoisotopic (exact) mass is 391 g/mol. The van der Waals surface area contributed by atoms with E-state index < -0.39 is 0 Å². The molecule has 2 heterocycles. The first-order valence-electron chi connectivity index (χ1n) is 9.30. The van der Waals surface area contributed by atoms with Crippen LogP contribution in [-0.2, 0) is 6.54 Å². The molecule has 4 nitrogen and oxygen atoms in total. The Labute approximate surface area is 164 Å². The number of rotatable bonds is 2. The number of amides is 2. The summed E-state index contributed by atoms with van der Waals surface area (Å²) in [5.41, 5.74) is 1.99. The van der Waals surface area contributed by atoms with Crippen molar-refractivity contribution in [2.24, 2.45) is 0 Å². The third-order valence-electron chi connectivity index (χ3n) is 5.49. The number of carbonyl (C=O) groups is 1. The highest BCUT2D eigenvalue weighted by Gasteiger charge is 2.34. The van der Waals surface area contributed by atoms with Crippen molar-refractivity contribution >= 4 is 29.2 Å². The van der Waals surface area contributed by atoms with Gasteiger partial charge in [-0.1, -0.05) is 48.5 Å². The van der Waals surface area contributed by atoms with Gasteiger partial charge in [-0.15, -0.1) is 0 Å². The molecule has 26 heavy (non-hydrogen) atoms. The van der Waals surface area contributed by atoms with Crippen molar-refractivity contribution in [1.82, 2.24) is 14.8 Å². The van der Waals surface area contributed by atoms with Gasteiger partial charge >= 0.3 is 6.03 Å². The van der Waals surface area contributed by atoms with E-state index >= 15 is 0 Å². The summed E-state index contributed by atoms with van der Waals surface area (Å²) < 4.78 is 2.19. The molecule has 2 amide bonds. The van der Waals surface area contributed by atoms with E-state index in [2.05, 4.69) is 22.1 Å². The zero-order chi connectivity index (χ0) is 18.1. The van der Waals surface area contributed by atoms with Gasteiger partial charge in [0.2, 0.25) is 0 Å². The van der Waals surface area contributed by atoms with Crippen LogP contribution in [0.4, 0.5) is 4.79 Å². The van der Waals surface area contributed by atoms with Crippen LogP contribution in [0.5, 0.6) is 0 Å². The quantitative estimate of drug-likeness (QED) is 0.746. The molecule has 1 aliphatic heterocycles. The Morgan fingerprint density at radius 1 is 1.08 bits per heavy atom. The summed E-state index contributed by atoms with van der Waals surface area (Å²) in [6.45, 7) is 1.45. The van der Waals surface area contributed by atoms with Gasteiger partial charge in [0.15, 0.2) is 0 Å². The van der Waals surface area contributed by atoms with Crippen LogP contribution < -0.4 is 5.32 Å². The van der Waals surface area contributed by atoms with E-state index in [1.165, 1.54) is 19.3 Å². The molecule has 138 valence electrons. The molecular weight excluding hydrogens is 369 g/mol. The van der Waals surface area contributed by atoms with Crippen molar-refractivity contribution < 1.29 is 4.79 Å². The summed E-state index contributed by atoms with van der Waals surface area (Å²) >= 11 is 12.6. The second-order valence-corrected chi connectivity index (χ2v) is 8.02. The van der Waals surface area contributed by atoms with Crippen molar-refractivity contribution in [2.75, 3.05) is 6.54 Å². The van der Waals surface area contributed by atoms with Crippen LogP contribution >= 0.6 is 23.2 Å². The molecular formula is C20H23Cl2N3O. The predicted octanol–water partition coefficient (Wildman–Crippen LogP) is 5.24. The normalized spacial score (nSPS) is 20.7. The molecule has 1 aromatic heterocycles. The lowest BCUT2D eigenvalue weighted by Gasteiger charge is -2.38. The predicted molar refractivity (Wildman–Crippen MR) is 105 cm³/mol. The first kappa shape index (κ1) is 17.7. The second kappa shape index (κ2) is 7.53. The molecule has 2 aliphatic rings. The topological polar surface area (TPSA) is 37.3 Å². The SMILES string of the molecule is O=C(NC1CCCCC1)N1CCn2cccc2[C@H]1c1ccc(Cl)cc1Cl. The van der Waals surface area contributed by atoms with Crippen molar-refractivity contribution in [1.29, 1.82) is 0 Å². The zero-order valence-electron chi connectivity index (χ0n) is 14.6. The molecule has 0 unspecified atom stereocenters. The van der Waals surface area contributed by atoms with E-state index in [1.807, 2.05) is 23.1 Å². The van der Waals surface area contributed by atoms with E-state index in [0.29, 0.717) is 16.6 Å². The number of nitrogens with one attached hydrogen (secondary N) is 1. The lowest BCUT2D eigenvalue weighted by atomic mass is 9.95. The number of aromatic nitrogens is 1. The first-order valence-corrected chi connectivity index (χ1v) is 10.1. The minimum absolute atomic E-state index is 0.000340. The smallest absolute Gasteiger partial charge is 0.318 e. The third-order valence-corrected chi connectivity index (χ3v) is 6.05. The number of nitrogens with zero attached hydrogens (tertiary/aromatic N) is 2. The number of hydrogen-bond donors (Lipinski definition) is 1. The van der Waals surface area contributed by atoms with Gasteiger partial charge < -0.3 is 14.8 Å². The highest BCUT2D eigenvalue weighted by molar-refractivity contribution is 6.35.